The molecule has 30 heavy (non-hydrogen) atoms. The summed E-state index contributed by atoms with van der Waals surface area (Å²) in [5, 5.41) is 8.93. The maximum atomic E-state index is 12.3. The van der Waals surface area contributed by atoms with Gasteiger partial charge in [0, 0.05) is 18.6 Å². The van der Waals surface area contributed by atoms with E-state index < -0.39 is 5.25 Å². The van der Waals surface area contributed by atoms with Crippen LogP contribution >= 0.6 is 23.1 Å². The maximum absolute atomic E-state index is 12.3. The molecule has 0 bridgehead atoms. The van der Waals surface area contributed by atoms with Gasteiger partial charge in [0.2, 0.25) is 11.8 Å². The lowest BCUT2D eigenvalue weighted by atomic mass is 10.1. The highest BCUT2D eigenvalue weighted by molar-refractivity contribution is 8.01. The summed E-state index contributed by atoms with van der Waals surface area (Å²) in [6, 6.07) is 10.9. The zero-order valence-electron chi connectivity index (χ0n) is 16.6. The Balaban J connectivity index is 1.58. The first-order valence-electron chi connectivity index (χ1n) is 9.06. The van der Waals surface area contributed by atoms with Gasteiger partial charge in [-0.1, -0.05) is 46.8 Å². The molecule has 3 aromatic rings. The van der Waals surface area contributed by atoms with Crippen LogP contribution in [0.3, 0.4) is 0 Å². The molecule has 0 saturated heterocycles. The second-order valence-corrected chi connectivity index (χ2v) is 8.76. The van der Waals surface area contributed by atoms with Crippen molar-refractivity contribution in [2.75, 3.05) is 16.4 Å². The van der Waals surface area contributed by atoms with Crippen molar-refractivity contribution >= 4 is 51.6 Å². The number of anilines is 2. The number of hydrogen-bond donors (Lipinski definition) is 2. The first-order chi connectivity index (χ1) is 14.3. The van der Waals surface area contributed by atoms with E-state index in [1.165, 1.54) is 18.7 Å². The van der Waals surface area contributed by atoms with Gasteiger partial charge < -0.3 is 15.2 Å². The number of thioether (sulfide) groups is 1. The van der Waals surface area contributed by atoms with Crippen LogP contribution in [0.25, 0.3) is 11.3 Å². The van der Waals surface area contributed by atoms with E-state index in [9.17, 15) is 14.4 Å². The van der Waals surface area contributed by atoms with Gasteiger partial charge in [0.05, 0.1) is 21.6 Å². The Morgan fingerprint density at radius 1 is 1.20 bits per heavy atom. The second-order valence-electron chi connectivity index (χ2n) is 6.43. The predicted molar refractivity (Wildman–Crippen MR) is 118 cm³/mol. The Hall–Kier alpha value is -2.98. The van der Waals surface area contributed by atoms with Crippen molar-refractivity contribution in [1.29, 1.82) is 0 Å². The van der Waals surface area contributed by atoms with Crippen LogP contribution in [0, 0.1) is 6.92 Å². The molecular formula is C20H20N4O4S2. The van der Waals surface area contributed by atoms with E-state index in [2.05, 4.69) is 20.8 Å². The zero-order chi connectivity index (χ0) is 21.7. The highest BCUT2D eigenvalue weighted by atomic mass is 32.2. The van der Waals surface area contributed by atoms with Crippen molar-refractivity contribution in [1.82, 2.24) is 10.1 Å². The van der Waals surface area contributed by atoms with Crippen LogP contribution in [-0.2, 0) is 9.59 Å². The zero-order valence-corrected chi connectivity index (χ0v) is 18.2. The van der Waals surface area contributed by atoms with Crippen LogP contribution in [0.1, 0.15) is 29.3 Å². The molecule has 0 aliphatic heterocycles. The Kier molecular flexibility index (Phi) is 7.01. The Morgan fingerprint density at radius 3 is 2.57 bits per heavy atom. The van der Waals surface area contributed by atoms with Crippen molar-refractivity contribution in [3.8, 4) is 11.3 Å². The maximum Gasteiger partial charge on any atom is 0.238 e. The van der Waals surface area contributed by atoms with Crippen molar-refractivity contribution in [2.45, 2.75) is 26.0 Å². The van der Waals surface area contributed by atoms with Gasteiger partial charge in [0.15, 0.2) is 16.7 Å². The number of aromatic nitrogens is 2. The summed E-state index contributed by atoms with van der Waals surface area (Å²) in [5.41, 5.74) is 1.36. The minimum absolute atomic E-state index is 0.0576. The van der Waals surface area contributed by atoms with Crippen molar-refractivity contribution in [2.24, 2.45) is 0 Å². The number of nitrogens with one attached hydrogen (secondary N) is 2. The molecule has 2 N–H and O–H groups in total. The topological polar surface area (TPSA) is 114 Å². The van der Waals surface area contributed by atoms with Crippen molar-refractivity contribution < 1.29 is 18.9 Å². The molecule has 156 valence electrons. The van der Waals surface area contributed by atoms with Crippen LogP contribution in [0.15, 0.2) is 40.9 Å². The SMILES string of the molecule is CC(=O)c1sc(NC(=O)CS[C@@H](C)C(=O)Nc2cc(C)on2)nc1-c1ccccc1. The standard InChI is InChI=1S/C20H20N4O4S2/c1-11-9-15(24-28-11)21-19(27)13(3)29-10-16(26)22-20-23-17(18(30-20)12(2)25)14-7-5-4-6-8-14/h4-9,13H,10H2,1-3H3,(H,21,24,27)(H,22,23,26)/t13-/m0/s1. The van der Waals surface area contributed by atoms with Gasteiger partial charge in [-0.05, 0) is 13.8 Å². The molecule has 0 radical (unpaired) electrons. The monoisotopic (exact) mass is 444 g/mol. The molecule has 0 unspecified atom stereocenters. The Labute approximate surface area is 181 Å². The molecule has 0 aliphatic rings. The Morgan fingerprint density at radius 2 is 1.93 bits per heavy atom. The second kappa shape index (κ2) is 9.68. The van der Waals surface area contributed by atoms with Gasteiger partial charge in [0.25, 0.3) is 0 Å². The minimum Gasteiger partial charge on any atom is -0.360 e. The number of carbonyl (C=O) groups excluding carboxylic acids is 3. The summed E-state index contributed by atoms with van der Waals surface area (Å²) >= 11 is 2.31. The summed E-state index contributed by atoms with van der Waals surface area (Å²) < 4.78 is 4.90. The number of thiazole rings is 1. The molecule has 3 rings (SSSR count). The number of benzene rings is 1. The van der Waals surface area contributed by atoms with E-state index in [1.807, 2.05) is 30.3 Å². The summed E-state index contributed by atoms with van der Waals surface area (Å²) in [4.78, 5) is 41.4. The normalized spacial score (nSPS) is 11.7. The highest BCUT2D eigenvalue weighted by Crippen LogP contribution is 2.31. The van der Waals surface area contributed by atoms with Crippen LogP contribution in [0.4, 0.5) is 10.9 Å². The number of nitrogens with zero attached hydrogens (tertiary/aromatic N) is 2. The molecule has 0 fully saturated rings. The quantitative estimate of drug-likeness (QED) is 0.505. The summed E-state index contributed by atoms with van der Waals surface area (Å²) in [5.74, 6) is 0.286. The van der Waals surface area contributed by atoms with Gasteiger partial charge >= 0.3 is 0 Å². The predicted octanol–water partition coefficient (Wildman–Crippen LogP) is 4.01. The third-order valence-corrected chi connectivity index (χ3v) is 6.17. The number of aryl methyl sites for hydroxylation is 1. The number of hydrogen-bond acceptors (Lipinski definition) is 8. The molecule has 0 saturated carbocycles. The van der Waals surface area contributed by atoms with E-state index in [-0.39, 0.29) is 23.4 Å². The van der Waals surface area contributed by atoms with Crippen molar-refractivity contribution in [3.05, 3.63) is 47.0 Å². The van der Waals surface area contributed by atoms with Gasteiger partial charge in [-0.15, -0.1) is 11.8 Å². The number of Topliss-reactive ketones (excluding diaryl/α,β-unsaturated/α-hetero) is 1. The van der Waals surface area contributed by atoms with Crippen LogP contribution in [0.5, 0.6) is 0 Å². The average molecular weight is 445 g/mol. The minimum atomic E-state index is -0.475. The van der Waals surface area contributed by atoms with E-state index in [4.69, 9.17) is 4.52 Å². The van der Waals surface area contributed by atoms with E-state index in [1.54, 1.807) is 19.9 Å². The van der Waals surface area contributed by atoms with E-state index in [0.29, 0.717) is 27.3 Å². The number of carbonyl (C=O) groups is 3. The molecule has 2 amide bonds. The lowest BCUT2D eigenvalue weighted by Gasteiger charge is -2.09. The fourth-order valence-electron chi connectivity index (χ4n) is 2.49. The van der Waals surface area contributed by atoms with Crippen molar-refractivity contribution in [3.63, 3.8) is 0 Å². The van der Waals surface area contributed by atoms with Crippen LogP contribution in [-0.4, -0.2) is 38.7 Å². The van der Waals surface area contributed by atoms with Gasteiger partial charge in [0.1, 0.15) is 5.76 Å². The molecule has 2 aromatic heterocycles. The molecular weight excluding hydrogens is 424 g/mol. The summed E-state index contributed by atoms with van der Waals surface area (Å²) in [7, 11) is 0. The van der Waals surface area contributed by atoms with Gasteiger partial charge in [-0.3, -0.25) is 14.4 Å². The number of ketones is 1. The van der Waals surface area contributed by atoms with E-state index in [0.717, 1.165) is 16.9 Å². The third kappa shape index (κ3) is 5.55. The summed E-state index contributed by atoms with van der Waals surface area (Å²) in [6.45, 7) is 4.90. The average Bonchev–Trinajstić information content (AvgIpc) is 3.33. The first-order valence-corrected chi connectivity index (χ1v) is 10.9. The summed E-state index contributed by atoms with van der Waals surface area (Å²) in [6.07, 6.45) is 0. The number of rotatable bonds is 8. The van der Waals surface area contributed by atoms with Gasteiger partial charge in [-0.25, -0.2) is 4.98 Å². The van der Waals surface area contributed by atoms with Crippen LogP contribution in [0.2, 0.25) is 0 Å². The molecule has 10 heteroatoms. The fraction of sp³-hybridized carbons (Fsp3) is 0.250. The molecule has 8 nitrogen and oxygen atoms in total. The first kappa shape index (κ1) is 21.7. The largest absolute Gasteiger partial charge is 0.360 e. The number of amides is 2. The lowest BCUT2D eigenvalue weighted by Crippen LogP contribution is -2.25. The fourth-order valence-corrected chi connectivity index (χ4v) is 4.07. The molecule has 1 atom stereocenters. The highest BCUT2D eigenvalue weighted by Gasteiger charge is 2.20. The third-order valence-electron chi connectivity index (χ3n) is 3.95. The van der Waals surface area contributed by atoms with E-state index >= 15 is 0 Å². The molecule has 1 aromatic carbocycles. The smallest absolute Gasteiger partial charge is 0.238 e. The van der Waals surface area contributed by atoms with Gasteiger partial charge in [-0.2, -0.15) is 0 Å². The molecule has 2 heterocycles. The Bertz CT molecular complexity index is 1060. The molecule has 0 spiro atoms. The lowest BCUT2D eigenvalue weighted by molar-refractivity contribution is -0.115. The molecule has 0 aliphatic carbocycles. The van der Waals surface area contributed by atoms with Crippen LogP contribution < -0.4 is 10.6 Å².